The molecule has 106 valence electrons. The molecular weight excluding hydrogens is 322 g/mol. The van der Waals surface area contributed by atoms with Crippen LogP contribution in [0.2, 0.25) is 0 Å². The number of amides is 1. The molecule has 0 aliphatic rings. The van der Waals surface area contributed by atoms with Gasteiger partial charge in [0.05, 0.1) is 0 Å². The van der Waals surface area contributed by atoms with Crippen molar-refractivity contribution in [1.82, 2.24) is 20.1 Å². The molecule has 2 rings (SSSR count). The predicted molar refractivity (Wildman–Crippen MR) is 80.3 cm³/mol. The number of anilines is 1. The first-order valence-electron chi connectivity index (χ1n) is 6.15. The Morgan fingerprint density at radius 1 is 1.50 bits per heavy atom. The number of nitrogens with zero attached hydrogens (tertiary/aromatic N) is 3. The third kappa shape index (κ3) is 3.36. The minimum Gasteiger partial charge on any atom is -0.398 e. The minimum atomic E-state index is -0.147. The van der Waals surface area contributed by atoms with Gasteiger partial charge in [-0.2, -0.15) is 5.10 Å². The van der Waals surface area contributed by atoms with E-state index in [0.29, 0.717) is 30.0 Å². The van der Waals surface area contributed by atoms with Crippen molar-refractivity contribution in [2.45, 2.75) is 13.3 Å². The van der Waals surface area contributed by atoms with E-state index in [2.05, 4.69) is 31.3 Å². The number of hydrogen-bond acceptors (Lipinski definition) is 4. The van der Waals surface area contributed by atoms with Gasteiger partial charge in [-0.05, 0) is 24.6 Å². The third-order valence-electron chi connectivity index (χ3n) is 2.94. The van der Waals surface area contributed by atoms with Gasteiger partial charge in [-0.15, -0.1) is 0 Å². The van der Waals surface area contributed by atoms with Crippen LogP contribution in [-0.4, -0.2) is 27.2 Å². The van der Waals surface area contributed by atoms with Crippen molar-refractivity contribution in [3.63, 3.8) is 0 Å². The maximum absolute atomic E-state index is 12.1. The highest BCUT2D eigenvalue weighted by Gasteiger charge is 2.12. The molecule has 20 heavy (non-hydrogen) atoms. The van der Waals surface area contributed by atoms with E-state index in [0.717, 1.165) is 10.0 Å². The number of aromatic nitrogens is 3. The number of carbonyl (C=O) groups is 1. The zero-order valence-electron chi connectivity index (χ0n) is 11.4. The molecule has 1 aromatic carbocycles. The Bertz CT molecular complexity index is 638. The topological polar surface area (TPSA) is 85.8 Å². The zero-order chi connectivity index (χ0) is 14.7. The zero-order valence-corrected chi connectivity index (χ0v) is 12.9. The Kier molecular flexibility index (Phi) is 4.39. The van der Waals surface area contributed by atoms with Gasteiger partial charge >= 0.3 is 0 Å². The van der Waals surface area contributed by atoms with Crippen LogP contribution in [0.3, 0.4) is 0 Å². The van der Waals surface area contributed by atoms with Crippen molar-refractivity contribution in [1.29, 1.82) is 0 Å². The summed E-state index contributed by atoms with van der Waals surface area (Å²) in [6, 6.07) is 3.55. The number of nitrogens with two attached hydrogens (primary N) is 1. The first-order valence-corrected chi connectivity index (χ1v) is 6.95. The summed E-state index contributed by atoms with van der Waals surface area (Å²) in [5.74, 6) is 0.560. The molecule has 0 aliphatic carbocycles. The predicted octanol–water partition coefficient (Wildman–Crippen LogP) is 1.44. The van der Waals surface area contributed by atoms with Crippen LogP contribution in [0, 0.1) is 6.92 Å². The number of aryl methyl sites for hydroxylation is 1. The van der Waals surface area contributed by atoms with Crippen molar-refractivity contribution < 1.29 is 4.79 Å². The van der Waals surface area contributed by atoms with E-state index >= 15 is 0 Å². The molecule has 6 nitrogen and oxygen atoms in total. The van der Waals surface area contributed by atoms with Gasteiger partial charge in [0, 0.05) is 35.7 Å². The van der Waals surface area contributed by atoms with Crippen LogP contribution in [-0.2, 0) is 13.5 Å². The lowest BCUT2D eigenvalue weighted by Crippen LogP contribution is -2.27. The Balaban J connectivity index is 1.98. The smallest absolute Gasteiger partial charge is 0.251 e. The summed E-state index contributed by atoms with van der Waals surface area (Å²) >= 11 is 3.34. The van der Waals surface area contributed by atoms with Crippen molar-refractivity contribution in [2.24, 2.45) is 7.05 Å². The van der Waals surface area contributed by atoms with E-state index in [1.165, 1.54) is 0 Å². The second-order valence-corrected chi connectivity index (χ2v) is 5.42. The molecule has 0 saturated carbocycles. The van der Waals surface area contributed by atoms with Crippen LogP contribution in [0.4, 0.5) is 5.69 Å². The average Bonchev–Trinajstić information content (AvgIpc) is 2.79. The largest absolute Gasteiger partial charge is 0.398 e. The lowest BCUT2D eigenvalue weighted by atomic mass is 10.1. The Morgan fingerprint density at radius 3 is 2.90 bits per heavy atom. The molecule has 1 heterocycles. The van der Waals surface area contributed by atoms with Crippen LogP contribution >= 0.6 is 15.9 Å². The summed E-state index contributed by atoms with van der Waals surface area (Å²) in [4.78, 5) is 16.2. The molecule has 0 unspecified atom stereocenters. The Morgan fingerprint density at radius 2 is 2.25 bits per heavy atom. The summed E-state index contributed by atoms with van der Waals surface area (Å²) in [7, 11) is 1.81. The molecule has 0 aliphatic heterocycles. The number of rotatable bonds is 4. The van der Waals surface area contributed by atoms with E-state index in [1.807, 2.05) is 14.0 Å². The molecule has 0 bridgehead atoms. The van der Waals surface area contributed by atoms with Crippen LogP contribution in [0.25, 0.3) is 0 Å². The number of benzene rings is 1. The van der Waals surface area contributed by atoms with Crippen molar-refractivity contribution in [3.05, 3.63) is 39.9 Å². The fraction of sp³-hybridized carbons (Fsp3) is 0.308. The first-order chi connectivity index (χ1) is 9.47. The van der Waals surface area contributed by atoms with Gasteiger partial charge in [-0.1, -0.05) is 15.9 Å². The number of nitrogens with one attached hydrogen (secondary N) is 1. The summed E-state index contributed by atoms with van der Waals surface area (Å²) in [5.41, 5.74) is 7.80. The summed E-state index contributed by atoms with van der Waals surface area (Å²) in [5, 5.41) is 7.00. The van der Waals surface area contributed by atoms with Crippen molar-refractivity contribution in [3.8, 4) is 0 Å². The number of hydrogen-bond donors (Lipinski definition) is 2. The quantitative estimate of drug-likeness (QED) is 0.826. The van der Waals surface area contributed by atoms with Gasteiger partial charge in [0.25, 0.3) is 5.91 Å². The second-order valence-electron chi connectivity index (χ2n) is 4.51. The van der Waals surface area contributed by atoms with Crippen LogP contribution in [0.15, 0.2) is 22.9 Å². The molecule has 2 aromatic rings. The summed E-state index contributed by atoms with van der Waals surface area (Å²) in [6.07, 6.45) is 2.23. The van der Waals surface area contributed by atoms with E-state index in [4.69, 9.17) is 5.73 Å². The second kappa shape index (κ2) is 6.04. The van der Waals surface area contributed by atoms with E-state index in [9.17, 15) is 4.79 Å². The van der Waals surface area contributed by atoms with E-state index in [1.54, 1.807) is 23.1 Å². The van der Waals surface area contributed by atoms with Crippen LogP contribution in [0.5, 0.6) is 0 Å². The Hall–Kier alpha value is -1.89. The highest BCUT2D eigenvalue weighted by molar-refractivity contribution is 9.10. The standard InChI is InChI=1S/C13H16BrN5O/c1-8-10(5-9(14)6-11(8)15)13(20)16-4-3-12-17-7-19(2)18-12/h5-7H,3-4,15H2,1-2H3,(H,16,20). The van der Waals surface area contributed by atoms with Crippen LogP contribution < -0.4 is 11.1 Å². The van der Waals surface area contributed by atoms with Gasteiger partial charge in [0.2, 0.25) is 0 Å². The van der Waals surface area contributed by atoms with Crippen molar-refractivity contribution >= 4 is 27.5 Å². The number of nitrogen functional groups attached to an aromatic ring is 1. The van der Waals surface area contributed by atoms with Gasteiger partial charge in [0.15, 0.2) is 5.82 Å². The molecule has 0 saturated heterocycles. The van der Waals surface area contributed by atoms with E-state index in [-0.39, 0.29) is 5.91 Å². The lowest BCUT2D eigenvalue weighted by molar-refractivity contribution is 0.0953. The fourth-order valence-corrected chi connectivity index (χ4v) is 2.29. The van der Waals surface area contributed by atoms with Gasteiger partial charge in [0.1, 0.15) is 6.33 Å². The minimum absolute atomic E-state index is 0.147. The Labute approximate surface area is 125 Å². The maximum atomic E-state index is 12.1. The van der Waals surface area contributed by atoms with Gasteiger partial charge < -0.3 is 11.1 Å². The molecule has 1 amide bonds. The SMILES string of the molecule is Cc1c(N)cc(Br)cc1C(=O)NCCc1ncn(C)n1. The fourth-order valence-electron chi connectivity index (χ4n) is 1.82. The molecule has 0 fully saturated rings. The molecule has 1 aromatic heterocycles. The molecule has 3 N–H and O–H groups in total. The van der Waals surface area contributed by atoms with Crippen molar-refractivity contribution in [2.75, 3.05) is 12.3 Å². The molecular formula is C13H16BrN5O. The number of halogens is 1. The average molecular weight is 338 g/mol. The molecule has 7 heteroatoms. The summed E-state index contributed by atoms with van der Waals surface area (Å²) in [6.45, 7) is 2.31. The monoisotopic (exact) mass is 337 g/mol. The van der Waals surface area contributed by atoms with E-state index < -0.39 is 0 Å². The first kappa shape index (κ1) is 14.5. The third-order valence-corrected chi connectivity index (χ3v) is 3.40. The van der Waals surface area contributed by atoms with Gasteiger partial charge in [-0.25, -0.2) is 4.98 Å². The molecule has 0 atom stereocenters. The van der Waals surface area contributed by atoms with Crippen LogP contribution in [0.1, 0.15) is 21.7 Å². The lowest BCUT2D eigenvalue weighted by Gasteiger charge is -2.09. The molecule has 0 spiro atoms. The highest BCUT2D eigenvalue weighted by Crippen LogP contribution is 2.22. The maximum Gasteiger partial charge on any atom is 0.251 e. The molecule has 0 radical (unpaired) electrons. The number of carbonyl (C=O) groups excluding carboxylic acids is 1. The van der Waals surface area contributed by atoms with Gasteiger partial charge in [-0.3, -0.25) is 9.48 Å². The normalized spacial score (nSPS) is 10.6. The highest BCUT2D eigenvalue weighted by atomic mass is 79.9. The summed E-state index contributed by atoms with van der Waals surface area (Å²) < 4.78 is 2.42.